The largest absolute Gasteiger partial charge is 0.573 e. The van der Waals surface area contributed by atoms with Gasteiger partial charge in [-0.3, -0.25) is 14.3 Å². The quantitative estimate of drug-likeness (QED) is 0.392. The fourth-order valence-corrected chi connectivity index (χ4v) is 4.97. The van der Waals surface area contributed by atoms with Crippen molar-refractivity contribution in [2.45, 2.75) is 37.9 Å². The number of nitrogens with one attached hydrogen (secondary N) is 2. The average Bonchev–Trinajstić information content (AvgIpc) is 2.80. The first-order valence-electron chi connectivity index (χ1n) is 11.2. The fraction of sp³-hybridized carbons (Fsp3) is 0.333. The smallest absolute Gasteiger partial charge is 0.492 e. The SMILES string of the molecule is CCOc1cc(NC(=O)[C@H]2CC=CC[C@H]2C(=O)O)ccc1S(=O)(=O)Nc1ccc(C)c(OC(F)(F)F)c1. The van der Waals surface area contributed by atoms with E-state index in [1.165, 1.54) is 37.3 Å². The van der Waals surface area contributed by atoms with E-state index in [-0.39, 0.29) is 47.0 Å². The lowest BCUT2D eigenvalue weighted by Crippen LogP contribution is -2.34. The Morgan fingerprint density at radius 2 is 1.65 bits per heavy atom. The number of aryl methyl sites for hydroxylation is 1. The lowest BCUT2D eigenvalue weighted by molar-refractivity contribution is -0.274. The number of allylic oxidation sites excluding steroid dienone is 2. The first-order chi connectivity index (χ1) is 17.3. The highest BCUT2D eigenvalue weighted by molar-refractivity contribution is 7.92. The summed E-state index contributed by atoms with van der Waals surface area (Å²) in [4.78, 5) is 23.9. The lowest BCUT2D eigenvalue weighted by atomic mass is 9.82. The average molecular weight is 543 g/mol. The van der Waals surface area contributed by atoms with Crippen LogP contribution in [0.5, 0.6) is 11.5 Å². The van der Waals surface area contributed by atoms with Crippen molar-refractivity contribution in [3.05, 3.63) is 54.1 Å². The molecule has 0 unspecified atom stereocenters. The second kappa shape index (κ2) is 11.1. The number of amides is 1. The van der Waals surface area contributed by atoms with Gasteiger partial charge in [-0.2, -0.15) is 0 Å². The molecule has 37 heavy (non-hydrogen) atoms. The predicted molar refractivity (Wildman–Crippen MR) is 128 cm³/mol. The van der Waals surface area contributed by atoms with Gasteiger partial charge in [0.2, 0.25) is 5.91 Å². The van der Waals surface area contributed by atoms with E-state index in [1.807, 2.05) is 0 Å². The number of ether oxygens (including phenoxy) is 2. The molecule has 0 spiro atoms. The molecule has 2 aromatic rings. The molecule has 0 saturated heterocycles. The van der Waals surface area contributed by atoms with Gasteiger partial charge in [0.25, 0.3) is 10.0 Å². The molecule has 1 amide bonds. The van der Waals surface area contributed by atoms with Crippen LogP contribution in [0.3, 0.4) is 0 Å². The topological polar surface area (TPSA) is 131 Å². The van der Waals surface area contributed by atoms with Crippen LogP contribution in [-0.2, 0) is 19.6 Å². The van der Waals surface area contributed by atoms with Crippen LogP contribution in [-0.4, -0.2) is 38.4 Å². The maximum Gasteiger partial charge on any atom is 0.573 e. The lowest BCUT2D eigenvalue weighted by Gasteiger charge is -2.24. The van der Waals surface area contributed by atoms with Crippen LogP contribution in [0.2, 0.25) is 0 Å². The second-order valence-electron chi connectivity index (χ2n) is 8.21. The Bertz CT molecular complexity index is 1310. The van der Waals surface area contributed by atoms with Gasteiger partial charge in [-0.1, -0.05) is 18.2 Å². The zero-order valence-electron chi connectivity index (χ0n) is 19.8. The van der Waals surface area contributed by atoms with Gasteiger partial charge >= 0.3 is 12.3 Å². The van der Waals surface area contributed by atoms with Crippen LogP contribution >= 0.6 is 0 Å². The number of hydrogen-bond donors (Lipinski definition) is 3. The van der Waals surface area contributed by atoms with Crippen molar-refractivity contribution in [3.63, 3.8) is 0 Å². The van der Waals surface area contributed by atoms with E-state index in [2.05, 4.69) is 14.8 Å². The molecule has 0 aromatic heterocycles. The van der Waals surface area contributed by atoms with Gasteiger partial charge in [0.1, 0.15) is 16.4 Å². The third-order valence-corrected chi connectivity index (χ3v) is 6.97. The van der Waals surface area contributed by atoms with Gasteiger partial charge in [0.15, 0.2) is 0 Å². The highest BCUT2D eigenvalue weighted by Gasteiger charge is 2.34. The summed E-state index contributed by atoms with van der Waals surface area (Å²) in [6.07, 6.45) is -1.06. The number of aliphatic carboxylic acids is 1. The molecule has 3 N–H and O–H groups in total. The number of carbonyl (C=O) groups excluding carboxylic acids is 1. The summed E-state index contributed by atoms with van der Waals surface area (Å²) in [5.41, 5.74) is 0.158. The van der Waals surface area contributed by atoms with Gasteiger partial charge in [-0.05, 0) is 50.5 Å². The number of anilines is 2. The van der Waals surface area contributed by atoms with Crippen molar-refractivity contribution in [1.82, 2.24) is 0 Å². The summed E-state index contributed by atoms with van der Waals surface area (Å²) in [6, 6.07) is 7.20. The Kier molecular flexibility index (Phi) is 8.36. The van der Waals surface area contributed by atoms with Crippen LogP contribution < -0.4 is 19.5 Å². The summed E-state index contributed by atoms with van der Waals surface area (Å²) in [7, 11) is -4.34. The Hall–Kier alpha value is -3.74. The molecule has 200 valence electrons. The molecule has 13 heteroatoms. The molecular weight excluding hydrogens is 517 g/mol. The number of carbonyl (C=O) groups is 2. The number of carboxylic acid groups (broad SMARTS) is 1. The molecule has 0 fully saturated rings. The molecule has 0 aliphatic heterocycles. The predicted octanol–water partition coefficient (Wildman–Crippen LogP) is 4.70. The second-order valence-corrected chi connectivity index (χ2v) is 9.86. The molecule has 0 radical (unpaired) electrons. The molecule has 3 rings (SSSR count). The van der Waals surface area contributed by atoms with Gasteiger partial charge in [-0.15, -0.1) is 13.2 Å². The number of halogens is 3. The zero-order valence-corrected chi connectivity index (χ0v) is 20.7. The Balaban J connectivity index is 1.85. The summed E-state index contributed by atoms with van der Waals surface area (Å²) in [5, 5.41) is 12.0. The van der Waals surface area contributed by atoms with E-state index in [9.17, 15) is 36.3 Å². The molecule has 0 bridgehead atoms. The number of hydrogen-bond acceptors (Lipinski definition) is 6. The maximum absolute atomic E-state index is 13.1. The van der Waals surface area contributed by atoms with Crippen LogP contribution in [0.4, 0.5) is 24.5 Å². The summed E-state index contributed by atoms with van der Waals surface area (Å²) in [6.45, 7) is 3.06. The molecular formula is C24H25F3N2O7S. The minimum Gasteiger partial charge on any atom is -0.492 e. The van der Waals surface area contributed by atoms with Gasteiger partial charge in [0, 0.05) is 17.8 Å². The molecule has 9 nitrogen and oxygen atoms in total. The molecule has 1 aliphatic rings. The van der Waals surface area contributed by atoms with Crippen molar-refractivity contribution < 1.29 is 45.8 Å². The van der Waals surface area contributed by atoms with E-state index in [0.29, 0.717) is 0 Å². The molecule has 1 aliphatic carbocycles. The van der Waals surface area contributed by atoms with Gasteiger partial charge < -0.3 is 19.9 Å². The maximum atomic E-state index is 13.1. The van der Waals surface area contributed by atoms with Crippen molar-refractivity contribution in [2.24, 2.45) is 11.8 Å². The van der Waals surface area contributed by atoms with E-state index < -0.39 is 45.8 Å². The Morgan fingerprint density at radius 3 is 2.27 bits per heavy atom. The first kappa shape index (κ1) is 27.8. The minimum atomic E-state index is -4.96. The number of benzene rings is 2. The van der Waals surface area contributed by atoms with Crippen LogP contribution in [0, 0.1) is 18.8 Å². The number of alkyl halides is 3. The van der Waals surface area contributed by atoms with Crippen LogP contribution in [0.1, 0.15) is 25.3 Å². The van der Waals surface area contributed by atoms with Crippen molar-refractivity contribution >= 4 is 33.3 Å². The fourth-order valence-electron chi connectivity index (χ4n) is 3.80. The molecule has 2 aromatic carbocycles. The highest BCUT2D eigenvalue weighted by atomic mass is 32.2. The third-order valence-electron chi connectivity index (χ3n) is 5.55. The van der Waals surface area contributed by atoms with Crippen molar-refractivity contribution in [2.75, 3.05) is 16.6 Å². The monoisotopic (exact) mass is 542 g/mol. The number of sulfonamides is 1. The van der Waals surface area contributed by atoms with Crippen LogP contribution in [0.25, 0.3) is 0 Å². The molecule has 0 heterocycles. The van der Waals surface area contributed by atoms with E-state index in [0.717, 1.165) is 6.07 Å². The molecule has 2 atom stereocenters. The third kappa shape index (κ3) is 7.15. The Labute approximate surface area is 211 Å². The summed E-state index contributed by atoms with van der Waals surface area (Å²) < 4.78 is 75.7. The Morgan fingerprint density at radius 1 is 1.03 bits per heavy atom. The van der Waals surface area contributed by atoms with E-state index >= 15 is 0 Å². The molecule has 0 saturated carbocycles. The standard InChI is InChI=1S/C24H25F3N2O7S/c1-3-35-20-12-15(28-22(30)17-6-4-5-7-18(17)23(31)32)10-11-21(20)37(33,34)29-16-9-8-14(2)19(13-16)36-24(25,26)27/h4-5,8-13,17-18,29H,3,6-7H2,1-2H3,(H,28,30)(H,31,32)/t17-,18+/m0/s1. The van der Waals surface area contributed by atoms with Crippen molar-refractivity contribution in [1.29, 1.82) is 0 Å². The van der Waals surface area contributed by atoms with Gasteiger partial charge in [-0.25, -0.2) is 8.42 Å². The van der Waals surface area contributed by atoms with Gasteiger partial charge in [0.05, 0.1) is 24.1 Å². The number of rotatable bonds is 9. The van der Waals surface area contributed by atoms with E-state index in [1.54, 1.807) is 19.1 Å². The van der Waals surface area contributed by atoms with Crippen molar-refractivity contribution in [3.8, 4) is 11.5 Å². The summed E-state index contributed by atoms with van der Waals surface area (Å²) >= 11 is 0. The van der Waals surface area contributed by atoms with Crippen LogP contribution in [0.15, 0.2) is 53.4 Å². The normalized spacial score (nSPS) is 17.6. The summed E-state index contributed by atoms with van der Waals surface area (Å²) in [5.74, 6) is -4.01. The first-order valence-corrected chi connectivity index (χ1v) is 12.6. The minimum absolute atomic E-state index is 0.0720. The van der Waals surface area contributed by atoms with E-state index in [4.69, 9.17) is 4.74 Å². The zero-order chi connectivity index (χ0) is 27.4. The number of carboxylic acids is 1. The highest BCUT2D eigenvalue weighted by Crippen LogP contribution is 2.33.